The molecule has 0 spiro atoms. The van der Waals surface area contributed by atoms with Crippen molar-refractivity contribution in [2.45, 2.75) is 38.8 Å². The Morgan fingerprint density at radius 3 is 1.81 bits per heavy atom. The number of amides is 1. The number of carboxylic acids is 1. The SMILES string of the molecule is C=C(C)C(=O)Nc1nc(CCC)n(Cc2ccc(-c3ccccc3-c3nnnn3C(c3ccccc3)(c3ccccc3)c3ccccc3)cc2)c1C(=O)O. The molecule has 0 fully saturated rings. The fourth-order valence-corrected chi connectivity index (χ4v) is 6.99. The van der Waals surface area contributed by atoms with Crippen molar-refractivity contribution in [1.29, 1.82) is 0 Å². The van der Waals surface area contributed by atoms with Gasteiger partial charge in [-0.25, -0.2) is 14.5 Å². The van der Waals surface area contributed by atoms with Gasteiger partial charge < -0.3 is 15.0 Å². The largest absolute Gasteiger partial charge is 0.476 e. The topological polar surface area (TPSA) is 128 Å². The maximum absolute atomic E-state index is 12.5. The van der Waals surface area contributed by atoms with Crippen molar-refractivity contribution in [2.75, 3.05) is 5.32 Å². The van der Waals surface area contributed by atoms with Crippen LogP contribution in [0.4, 0.5) is 5.82 Å². The Balaban J connectivity index is 1.32. The first-order valence-corrected chi connectivity index (χ1v) is 17.8. The summed E-state index contributed by atoms with van der Waals surface area (Å²) in [7, 11) is 0. The molecule has 0 aliphatic heterocycles. The van der Waals surface area contributed by atoms with Crippen LogP contribution < -0.4 is 5.32 Å². The van der Waals surface area contributed by atoms with E-state index in [0.29, 0.717) is 18.1 Å². The fourth-order valence-electron chi connectivity index (χ4n) is 6.99. The van der Waals surface area contributed by atoms with Crippen molar-refractivity contribution in [2.24, 2.45) is 0 Å². The molecule has 54 heavy (non-hydrogen) atoms. The Morgan fingerprint density at radius 1 is 0.759 bits per heavy atom. The number of nitrogens with zero attached hydrogens (tertiary/aromatic N) is 6. The molecule has 10 nitrogen and oxygen atoms in total. The number of hydrogen-bond donors (Lipinski definition) is 2. The number of rotatable bonds is 13. The Bertz CT molecular complexity index is 2320. The van der Waals surface area contributed by atoms with Crippen molar-refractivity contribution in [3.63, 3.8) is 0 Å². The lowest BCUT2D eigenvalue weighted by Gasteiger charge is -2.36. The quantitative estimate of drug-likeness (QED) is 0.0910. The van der Waals surface area contributed by atoms with Crippen LogP contribution in [0.2, 0.25) is 0 Å². The third-order valence-electron chi connectivity index (χ3n) is 9.48. The summed E-state index contributed by atoms with van der Waals surface area (Å²) in [5.41, 5.74) is 5.84. The summed E-state index contributed by atoms with van der Waals surface area (Å²) in [6, 6.07) is 46.9. The normalized spacial score (nSPS) is 11.3. The molecule has 10 heteroatoms. The van der Waals surface area contributed by atoms with Crippen molar-refractivity contribution >= 4 is 17.7 Å². The van der Waals surface area contributed by atoms with Gasteiger partial charge in [0.2, 0.25) is 0 Å². The molecule has 7 rings (SSSR count). The minimum Gasteiger partial charge on any atom is -0.476 e. The van der Waals surface area contributed by atoms with Crippen molar-refractivity contribution < 1.29 is 14.7 Å². The molecular weight excluding hydrogens is 675 g/mol. The summed E-state index contributed by atoms with van der Waals surface area (Å²) in [5.74, 6) is -0.480. The lowest BCUT2D eigenvalue weighted by Crippen LogP contribution is -2.39. The smallest absolute Gasteiger partial charge is 0.356 e. The van der Waals surface area contributed by atoms with Gasteiger partial charge in [0.25, 0.3) is 5.91 Å². The predicted molar refractivity (Wildman–Crippen MR) is 209 cm³/mol. The van der Waals surface area contributed by atoms with Crippen LogP contribution in [0.15, 0.2) is 152 Å². The van der Waals surface area contributed by atoms with Crippen LogP contribution in [0.1, 0.15) is 58.8 Å². The Kier molecular flexibility index (Phi) is 10.1. The zero-order valence-electron chi connectivity index (χ0n) is 30.1. The fraction of sp³-hybridized carbons (Fsp3) is 0.136. The molecule has 2 heterocycles. The number of carboxylic acid groups (broad SMARTS) is 1. The number of aryl methyl sites for hydroxylation is 1. The van der Waals surface area contributed by atoms with Gasteiger partial charge in [-0.05, 0) is 57.2 Å². The van der Waals surface area contributed by atoms with Gasteiger partial charge in [0, 0.05) is 24.1 Å². The third-order valence-corrected chi connectivity index (χ3v) is 9.48. The zero-order chi connectivity index (χ0) is 37.7. The van der Waals surface area contributed by atoms with E-state index in [0.717, 1.165) is 45.4 Å². The molecule has 0 saturated heterocycles. The van der Waals surface area contributed by atoms with E-state index in [1.54, 1.807) is 11.5 Å². The molecular formula is C44H39N7O3. The molecule has 0 saturated carbocycles. The van der Waals surface area contributed by atoms with Gasteiger partial charge in [-0.2, -0.15) is 0 Å². The number of aromatic carboxylic acids is 1. The number of nitrogens with one attached hydrogen (secondary N) is 1. The molecule has 7 aromatic rings. The van der Waals surface area contributed by atoms with Crippen LogP contribution in [-0.4, -0.2) is 46.7 Å². The second-order valence-electron chi connectivity index (χ2n) is 13.1. The van der Waals surface area contributed by atoms with E-state index in [4.69, 9.17) is 5.21 Å². The number of benzene rings is 5. The average molecular weight is 714 g/mol. The summed E-state index contributed by atoms with van der Waals surface area (Å²) >= 11 is 0. The van der Waals surface area contributed by atoms with E-state index in [9.17, 15) is 14.7 Å². The Hall–Kier alpha value is -6.94. The molecule has 2 aromatic heterocycles. The second-order valence-corrected chi connectivity index (χ2v) is 13.1. The molecule has 0 aliphatic carbocycles. The van der Waals surface area contributed by atoms with E-state index < -0.39 is 17.4 Å². The highest BCUT2D eigenvalue weighted by Crippen LogP contribution is 2.43. The summed E-state index contributed by atoms with van der Waals surface area (Å²) in [6.07, 6.45) is 1.29. The van der Waals surface area contributed by atoms with Crippen LogP contribution >= 0.6 is 0 Å². The molecule has 5 aromatic carbocycles. The van der Waals surface area contributed by atoms with E-state index in [-0.39, 0.29) is 23.6 Å². The molecule has 0 unspecified atom stereocenters. The number of aromatic nitrogens is 6. The van der Waals surface area contributed by atoms with Crippen molar-refractivity contribution in [3.8, 4) is 22.5 Å². The molecule has 0 aliphatic rings. The van der Waals surface area contributed by atoms with Gasteiger partial charge in [0.1, 0.15) is 11.4 Å². The van der Waals surface area contributed by atoms with E-state index >= 15 is 0 Å². The highest BCUT2D eigenvalue weighted by Gasteiger charge is 2.42. The van der Waals surface area contributed by atoms with Gasteiger partial charge in [-0.3, -0.25) is 4.79 Å². The molecule has 2 N–H and O–H groups in total. The Morgan fingerprint density at radius 2 is 1.30 bits per heavy atom. The molecule has 0 atom stereocenters. The molecule has 268 valence electrons. The first-order chi connectivity index (χ1) is 26.3. The Labute approximate surface area is 313 Å². The van der Waals surface area contributed by atoms with Crippen LogP contribution in [-0.2, 0) is 23.3 Å². The number of imidazole rings is 1. The molecule has 0 radical (unpaired) electrons. The van der Waals surface area contributed by atoms with Crippen LogP contribution in [0.3, 0.4) is 0 Å². The minimum atomic E-state index is -1.18. The standard InChI is InChI=1S/C44H39N7O3/c1-4-16-38-45-40(46-42(52)30(2)3)39(43(53)54)50(38)29-31-25-27-32(28-26-31)36-23-14-15-24-37(36)41-47-48-49-51(41)44(33-17-8-5-9-18-33,34-19-10-6-11-20-34)35-21-12-7-13-22-35/h5-15,17-28H,2,4,16,29H2,1,3H3,(H,46,52)(H,53,54). The number of hydrogen-bond acceptors (Lipinski definition) is 6. The van der Waals surface area contributed by atoms with Crippen LogP contribution in [0.5, 0.6) is 0 Å². The monoisotopic (exact) mass is 713 g/mol. The molecule has 0 bridgehead atoms. The number of anilines is 1. The van der Waals surface area contributed by atoms with Gasteiger partial charge in [0.05, 0.1) is 0 Å². The van der Waals surface area contributed by atoms with Crippen molar-refractivity contribution in [1.82, 2.24) is 29.8 Å². The summed E-state index contributed by atoms with van der Waals surface area (Å²) in [6.45, 7) is 7.48. The zero-order valence-corrected chi connectivity index (χ0v) is 30.1. The first-order valence-electron chi connectivity index (χ1n) is 17.8. The minimum absolute atomic E-state index is 0.0137. The predicted octanol–water partition coefficient (Wildman–Crippen LogP) is 8.26. The lowest BCUT2D eigenvalue weighted by atomic mass is 9.77. The second kappa shape index (κ2) is 15.3. The van der Waals surface area contributed by atoms with Gasteiger partial charge in [0.15, 0.2) is 17.3 Å². The summed E-state index contributed by atoms with van der Waals surface area (Å²) in [4.78, 5) is 29.5. The van der Waals surface area contributed by atoms with Crippen LogP contribution in [0.25, 0.3) is 22.5 Å². The first kappa shape index (κ1) is 35.5. The molecule has 1 amide bonds. The van der Waals surface area contributed by atoms with E-state index in [2.05, 4.69) is 63.6 Å². The van der Waals surface area contributed by atoms with Gasteiger partial charge in [-0.1, -0.05) is 153 Å². The highest BCUT2D eigenvalue weighted by atomic mass is 16.4. The summed E-state index contributed by atoms with van der Waals surface area (Å²) in [5, 5.41) is 26.5. The number of carbonyl (C=O) groups excluding carboxylic acids is 1. The lowest BCUT2D eigenvalue weighted by molar-refractivity contribution is -0.112. The van der Waals surface area contributed by atoms with Crippen LogP contribution in [0, 0.1) is 0 Å². The third kappa shape index (κ3) is 6.61. The summed E-state index contributed by atoms with van der Waals surface area (Å²) < 4.78 is 3.58. The van der Waals surface area contributed by atoms with Crippen molar-refractivity contribution in [3.05, 3.63) is 185 Å². The van der Waals surface area contributed by atoms with E-state index in [1.807, 2.05) is 115 Å². The number of tetrazole rings is 1. The van der Waals surface area contributed by atoms with E-state index in [1.165, 1.54) is 0 Å². The van der Waals surface area contributed by atoms with Gasteiger partial charge in [-0.15, -0.1) is 5.10 Å². The highest BCUT2D eigenvalue weighted by molar-refractivity contribution is 6.05. The average Bonchev–Trinajstić information content (AvgIpc) is 3.82. The maximum atomic E-state index is 12.5. The number of carbonyl (C=O) groups is 2. The van der Waals surface area contributed by atoms with Gasteiger partial charge >= 0.3 is 5.97 Å². The maximum Gasteiger partial charge on any atom is 0.356 e.